The van der Waals surface area contributed by atoms with Gasteiger partial charge in [-0.1, -0.05) is 0 Å². The zero-order chi connectivity index (χ0) is 10.2. The highest BCUT2D eigenvalue weighted by Crippen LogP contribution is 2.03. The summed E-state index contributed by atoms with van der Waals surface area (Å²) in [6.07, 6.45) is 7.59. The number of rotatable bonds is 5. The maximum absolute atomic E-state index is 8.29. The summed E-state index contributed by atoms with van der Waals surface area (Å²) < 4.78 is 0. The van der Waals surface area contributed by atoms with Crippen LogP contribution in [0.15, 0.2) is 12.4 Å². The van der Waals surface area contributed by atoms with E-state index in [-0.39, 0.29) is 0 Å². The Kier molecular flexibility index (Phi) is 3.96. The lowest BCUT2D eigenvalue weighted by molar-refractivity contribution is 0.262. The Morgan fingerprint density at radius 3 is 2.57 bits per heavy atom. The Balaban J connectivity index is 2.13. The highest BCUT2D eigenvalue weighted by atomic mass is 15.4. The topological polar surface area (TPSA) is 78.1 Å². The van der Waals surface area contributed by atoms with Gasteiger partial charge in [-0.15, -0.1) is 0 Å². The Hall–Kier alpha value is -2.08. The van der Waals surface area contributed by atoms with Gasteiger partial charge in [0.15, 0.2) is 12.4 Å². The normalized spacial score (nSPS) is 13.6. The molecule has 0 radical (unpaired) electrons. The van der Waals surface area contributed by atoms with Crippen LogP contribution in [-0.2, 0) is 0 Å². The standard InChI is InChI=1S/C8H12N6/c9-5-11-1-2-13-3-4-14(8-13)7-12-6-10/h3-4,11-12H,1-2,7-8H2. The van der Waals surface area contributed by atoms with Crippen LogP contribution >= 0.6 is 0 Å². The molecule has 0 amide bonds. The van der Waals surface area contributed by atoms with Gasteiger partial charge in [0.2, 0.25) is 0 Å². The molecular formula is C8H12N6. The molecule has 0 spiro atoms. The first kappa shape index (κ1) is 10.0. The van der Waals surface area contributed by atoms with Gasteiger partial charge in [-0.05, 0) is 0 Å². The van der Waals surface area contributed by atoms with E-state index in [4.69, 9.17) is 10.5 Å². The van der Waals surface area contributed by atoms with Crippen molar-refractivity contribution in [3.8, 4) is 12.4 Å². The Morgan fingerprint density at radius 1 is 1.14 bits per heavy atom. The fourth-order valence-electron chi connectivity index (χ4n) is 1.16. The molecule has 0 aliphatic carbocycles. The van der Waals surface area contributed by atoms with Crippen LogP contribution in [0.5, 0.6) is 0 Å². The van der Waals surface area contributed by atoms with Crippen LogP contribution in [0, 0.1) is 22.9 Å². The molecule has 0 aromatic heterocycles. The summed E-state index contributed by atoms with van der Waals surface area (Å²) in [5.74, 6) is 0. The number of hydrogen-bond acceptors (Lipinski definition) is 6. The van der Waals surface area contributed by atoms with Crippen LogP contribution in [0.3, 0.4) is 0 Å². The molecule has 6 heteroatoms. The lowest BCUT2D eigenvalue weighted by Gasteiger charge is -2.19. The lowest BCUT2D eigenvalue weighted by atomic mass is 10.5. The van der Waals surface area contributed by atoms with Gasteiger partial charge < -0.3 is 20.4 Å². The summed E-state index contributed by atoms with van der Waals surface area (Å²) in [6, 6.07) is 0. The molecule has 1 rings (SSSR count). The Labute approximate surface area is 83.0 Å². The van der Waals surface area contributed by atoms with E-state index in [2.05, 4.69) is 15.5 Å². The van der Waals surface area contributed by atoms with Crippen LogP contribution in [0.1, 0.15) is 0 Å². The van der Waals surface area contributed by atoms with E-state index in [1.807, 2.05) is 29.7 Å². The Morgan fingerprint density at radius 2 is 1.86 bits per heavy atom. The van der Waals surface area contributed by atoms with Gasteiger partial charge in [0.1, 0.15) is 0 Å². The monoisotopic (exact) mass is 192 g/mol. The second kappa shape index (κ2) is 5.55. The highest BCUT2D eigenvalue weighted by molar-refractivity contribution is 4.91. The predicted octanol–water partition coefficient (Wildman–Crippen LogP) is -0.868. The van der Waals surface area contributed by atoms with Crippen molar-refractivity contribution in [2.24, 2.45) is 0 Å². The second-order valence-electron chi connectivity index (χ2n) is 2.83. The third kappa shape index (κ3) is 3.11. The van der Waals surface area contributed by atoms with E-state index in [9.17, 15) is 0 Å². The van der Waals surface area contributed by atoms with Crippen molar-refractivity contribution in [1.82, 2.24) is 20.4 Å². The molecule has 0 aromatic carbocycles. The van der Waals surface area contributed by atoms with Crippen molar-refractivity contribution in [1.29, 1.82) is 10.5 Å². The zero-order valence-corrected chi connectivity index (χ0v) is 7.77. The summed E-state index contributed by atoms with van der Waals surface area (Å²) in [6.45, 7) is 2.70. The third-order valence-corrected chi connectivity index (χ3v) is 1.82. The highest BCUT2D eigenvalue weighted by Gasteiger charge is 2.10. The molecule has 2 N–H and O–H groups in total. The van der Waals surface area contributed by atoms with Gasteiger partial charge in [0, 0.05) is 25.5 Å². The summed E-state index contributed by atoms with van der Waals surface area (Å²) in [5.41, 5.74) is 0. The largest absolute Gasteiger partial charge is 0.357 e. The van der Waals surface area contributed by atoms with Crippen molar-refractivity contribution < 1.29 is 0 Å². The molecule has 0 atom stereocenters. The summed E-state index contributed by atoms with van der Waals surface area (Å²) in [4.78, 5) is 4.03. The molecule has 6 nitrogen and oxygen atoms in total. The first-order valence-corrected chi connectivity index (χ1v) is 4.27. The quantitative estimate of drug-likeness (QED) is 0.335. The average molecular weight is 192 g/mol. The molecule has 1 aliphatic rings. The Bertz CT molecular complexity index is 273. The number of nitrogens with one attached hydrogen (secondary N) is 2. The summed E-state index contributed by atoms with van der Waals surface area (Å²) in [5, 5.41) is 21.7. The van der Waals surface area contributed by atoms with Gasteiger partial charge in [-0.25, -0.2) is 0 Å². The molecule has 1 aliphatic heterocycles. The zero-order valence-electron chi connectivity index (χ0n) is 7.77. The maximum Gasteiger partial charge on any atom is 0.178 e. The molecule has 0 saturated carbocycles. The van der Waals surface area contributed by atoms with Crippen LogP contribution in [0.4, 0.5) is 0 Å². The van der Waals surface area contributed by atoms with Gasteiger partial charge >= 0.3 is 0 Å². The van der Waals surface area contributed by atoms with E-state index in [0.717, 1.165) is 13.2 Å². The van der Waals surface area contributed by atoms with Gasteiger partial charge in [-0.2, -0.15) is 10.5 Å². The molecule has 0 saturated heterocycles. The minimum Gasteiger partial charge on any atom is -0.357 e. The molecule has 0 unspecified atom stereocenters. The minimum absolute atomic E-state index is 0.523. The smallest absolute Gasteiger partial charge is 0.178 e. The SMILES string of the molecule is N#CNCCN1C=CN(CNC#N)C1. The lowest BCUT2D eigenvalue weighted by Crippen LogP contribution is -2.33. The molecule has 74 valence electrons. The average Bonchev–Trinajstić information content (AvgIpc) is 2.63. The van der Waals surface area contributed by atoms with Crippen molar-refractivity contribution >= 4 is 0 Å². The molecule has 1 heterocycles. The molecule has 0 fully saturated rings. The number of nitriles is 2. The summed E-state index contributed by atoms with van der Waals surface area (Å²) in [7, 11) is 0. The molecule has 14 heavy (non-hydrogen) atoms. The predicted molar refractivity (Wildman–Crippen MR) is 49.8 cm³/mol. The van der Waals surface area contributed by atoms with E-state index < -0.39 is 0 Å². The fraction of sp³-hybridized carbons (Fsp3) is 0.500. The van der Waals surface area contributed by atoms with Crippen LogP contribution in [-0.4, -0.2) is 36.2 Å². The van der Waals surface area contributed by atoms with Crippen molar-refractivity contribution in [2.45, 2.75) is 0 Å². The van der Waals surface area contributed by atoms with Crippen LogP contribution in [0.2, 0.25) is 0 Å². The van der Waals surface area contributed by atoms with Crippen LogP contribution in [0.25, 0.3) is 0 Å². The third-order valence-electron chi connectivity index (χ3n) is 1.82. The van der Waals surface area contributed by atoms with Crippen molar-refractivity contribution in [3.05, 3.63) is 12.4 Å². The molecule has 0 bridgehead atoms. The van der Waals surface area contributed by atoms with E-state index in [0.29, 0.717) is 13.2 Å². The number of nitrogens with zero attached hydrogens (tertiary/aromatic N) is 4. The summed E-state index contributed by atoms with van der Waals surface area (Å²) >= 11 is 0. The minimum atomic E-state index is 0.523. The van der Waals surface area contributed by atoms with Gasteiger partial charge in [-0.3, -0.25) is 0 Å². The van der Waals surface area contributed by atoms with Crippen molar-refractivity contribution in [2.75, 3.05) is 26.4 Å². The van der Waals surface area contributed by atoms with Gasteiger partial charge in [0.05, 0.1) is 13.3 Å². The fourth-order valence-corrected chi connectivity index (χ4v) is 1.16. The number of hydrogen-bond donors (Lipinski definition) is 2. The maximum atomic E-state index is 8.29. The van der Waals surface area contributed by atoms with Gasteiger partial charge in [0.25, 0.3) is 0 Å². The first-order valence-electron chi connectivity index (χ1n) is 4.27. The molecular weight excluding hydrogens is 180 g/mol. The van der Waals surface area contributed by atoms with E-state index in [1.165, 1.54) is 0 Å². The van der Waals surface area contributed by atoms with E-state index >= 15 is 0 Å². The first-order chi connectivity index (χ1) is 6.86. The van der Waals surface area contributed by atoms with E-state index in [1.54, 1.807) is 0 Å². The van der Waals surface area contributed by atoms with Crippen molar-refractivity contribution in [3.63, 3.8) is 0 Å². The van der Waals surface area contributed by atoms with Crippen LogP contribution < -0.4 is 10.6 Å². The molecule has 0 aromatic rings. The second-order valence-corrected chi connectivity index (χ2v) is 2.83.